The highest BCUT2D eigenvalue weighted by Gasteiger charge is 2.04. The topological polar surface area (TPSA) is 34.1 Å². The Morgan fingerprint density at radius 3 is 2.76 bits per heavy atom. The molecule has 1 aromatic heterocycles. The Hall–Kier alpha value is -2.14. The number of nitrogens with zero attached hydrogens (tertiary/aromatic N) is 1. The van der Waals surface area contributed by atoms with Gasteiger partial charge in [0.15, 0.2) is 5.13 Å². The summed E-state index contributed by atoms with van der Waals surface area (Å²) in [6.45, 7) is 0.766. The minimum absolute atomic E-state index is 0.202. The van der Waals surface area contributed by atoms with Gasteiger partial charge in [0.05, 0.1) is 17.3 Å². The summed E-state index contributed by atoms with van der Waals surface area (Å²) in [5.74, 6) is 0.635. The van der Waals surface area contributed by atoms with Crippen LogP contribution < -0.4 is 10.1 Å². The average molecular weight is 302 g/mol. The predicted octanol–water partition coefficient (Wildman–Crippen LogP) is 4.10. The van der Waals surface area contributed by atoms with Crippen LogP contribution in [0.15, 0.2) is 42.5 Å². The summed E-state index contributed by atoms with van der Waals surface area (Å²) in [7, 11) is 1.66. The molecule has 3 rings (SSSR count). The molecule has 1 heterocycles. The summed E-state index contributed by atoms with van der Waals surface area (Å²) in [5, 5.41) is 4.20. The monoisotopic (exact) mass is 302 g/mol. The van der Waals surface area contributed by atoms with E-state index in [0.717, 1.165) is 39.6 Å². The van der Waals surface area contributed by atoms with Gasteiger partial charge in [-0.3, -0.25) is 0 Å². The van der Waals surface area contributed by atoms with Crippen molar-refractivity contribution < 1.29 is 9.13 Å². The van der Waals surface area contributed by atoms with Crippen LogP contribution in [0.3, 0.4) is 0 Å². The smallest absolute Gasteiger partial charge is 0.183 e. The van der Waals surface area contributed by atoms with E-state index in [1.807, 2.05) is 18.2 Å². The number of anilines is 1. The molecule has 0 spiro atoms. The van der Waals surface area contributed by atoms with Crippen LogP contribution >= 0.6 is 11.3 Å². The Morgan fingerprint density at radius 1 is 1.19 bits per heavy atom. The van der Waals surface area contributed by atoms with Crippen molar-refractivity contribution in [3.63, 3.8) is 0 Å². The summed E-state index contributed by atoms with van der Waals surface area (Å²) < 4.78 is 19.1. The lowest BCUT2D eigenvalue weighted by atomic mass is 10.1. The molecule has 0 fully saturated rings. The third kappa shape index (κ3) is 3.31. The van der Waals surface area contributed by atoms with Crippen molar-refractivity contribution in [1.29, 1.82) is 0 Å². The molecule has 3 aromatic rings. The highest BCUT2D eigenvalue weighted by molar-refractivity contribution is 7.22. The Labute approximate surface area is 126 Å². The molecule has 2 aromatic carbocycles. The van der Waals surface area contributed by atoms with Crippen molar-refractivity contribution in [1.82, 2.24) is 4.98 Å². The number of nitrogens with one attached hydrogen (secondary N) is 1. The first-order chi connectivity index (χ1) is 10.2. The molecule has 21 heavy (non-hydrogen) atoms. The van der Waals surface area contributed by atoms with E-state index in [1.54, 1.807) is 30.6 Å². The molecule has 1 N–H and O–H groups in total. The van der Waals surface area contributed by atoms with Crippen molar-refractivity contribution in [2.24, 2.45) is 0 Å². The number of ether oxygens (including phenoxy) is 1. The minimum Gasteiger partial charge on any atom is -0.497 e. The molecular formula is C16H15FN2OS. The van der Waals surface area contributed by atoms with Crippen molar-refractivity contribution in [2.75, 3.05) is 19.0 Å². The van der Waals surface area contributed by atoms with Crippen LogP contribution in [0.1, 0.15) is 5.56 Å². The maximum absolute atomic E-state index is 12.8. The largest absolute Gasteiger partial charge is 0.497 e. The van der Waals surface area contributed by atoms with E-state index >= 15 is 0 Å². The fourth-order valence-corrected chi connectivity index (χ4v) is 2.99. The molecule has 0 aliphatic carbocycles. The van der Waals surface area contributed by atoms with Crippen LogP contribution in [0.5, 0.6) is 5.75 Å². The average Bonchev–Trinajstić information content (AvgIpc) is 2.91. The van der Waals surface area contributed by atoms with Crippen LogP contribution in [0.25, 0.3) is 10.2 Å². The van der Waals surface area contributed by atoms with Crippen LogP contribution in [-0.2, 0) is 6.42 Å². The first-order valence-electron chi connectivity index (χ1n) is 6.67. The molecule has 5 heteroatoms. The predicted molar refractivity (Wildman–Crippen MR) is 84.8 cm³/mol. The Bertz CT molecular complexity index is 740. The normalized spacial score (nSPS) is 10.8. The molecule has 3 nitrogen and oxygen atoms in total. The minimum atomic E-state index is -0.202. The summed E-state index contributed by atoms with van der Waals surface area (Å²) in [4.78, 5) is 4.53. The zero-order valence-electron chi connectivity index (χ0n) is 11.6. The fraction of sp³-hybridized carbons (Fsp3) is 0.188. The number of thiazole rings is 1. The van der Waals surface area contributed by atoms with Gasteiger partial charge in [-0.15, -0.1) is 0 Å². The third-order valence-electron chi connectivity index (χ3n) is 3.20. The van der Waals surface area contributed by atoms with Gasteiger partial charge in [0.1, 0.15) is 11.6 Å². The SMILES string of the molecule is COc1ccc2nc(NCCc3ccc(F)cc3)sc2c1. The standard InChI is InChI=1S/C16H15FN2OS/c1-20-13-6-7-14-15(10-13)21-16(19-14)18-9-8-11-2-4-12(17)5-3-11/h2-7,10H,8-9H2,1H3,(H,18,19). The van der Waals surface area contributed by atoms with Gasteiger partial charge in [0.2, 0.25) is 0 Å². The first-order valence-corrected chi connectivity index (χ1v) is 7.49. The number of aromatic nitrogens is 1. The second-order valence-electron chi connectivity index (χ2n) is 4.66. The molecule has 108 valence electrons. The van der Waals surface area contributed by atoms with E-state index in [9.17, 15) is 4.39 Å². The Morgan fingerprint density at radius 2 is 2.00 bits per heavy atom. The van der Waals surface area contributed by atoms with E-state index in [0.29, 0.717) is 0 Å². The molecule has 0 atom stereocenters. The van der Waals surface area contributed by atoms with Gasteiger partial charge in [-0.25, -0.2) is 9.37 Å². The zero-order chi connectivity index (χ0) is 14.7. The molecule has 0 aliphatic rings. The van der Waals surface area contributed by atoms with E-state index in [1.165, 1.54) is 12.1 Å². The maximum atomic E-state index is 12.8. The van der Waals surface area contributed by atoms with E-state index in [-0.39, 0.29) is 5.82 Å². The Balaban J connectivity index is 1.63. The lowest BCUT2D eigenvalue weighted by molar-refractivity contribution is 0.415. The molecule has 0 saturated carbocycles. The number of hydrogen-bond acceptors (Lipinski definition) is 4. The quantitative estimate of drug-likeness (QED) is 0.770. The molecule has 0 aliphatic heterocycles. The van der Waals surface area contributed by atoms with Gasteiger partial charge in [-0.05, 0) is 42.3 Å². The van der Waals surface area contributed by atoms with Crippen LogP contribution in [-0.4, -0.2) is 18.6 Å². The second-order valence-corrected chi connectivity index (χ2v) is 5.69. The van der Waals surface area contributed by atoms with Crippen molar-refractivity contribution in [2.45, 2.75) is 6.42 Å². The van der Waals surface area contributed by atoms with Gasteiger partial charge in [0, 0.05) is 6.54 Å². The zero-order valence-corrected chi connectivity index (χ0v) is 12.4. The Kier molecular flexibility index (Phi) is 4.01. The van der Waals surface area contributed by atoms with Gasteiger partial charge in [0.25, 0.3) is 0 Å². The molecular weight excluding hydrogens is 287 g/mol. The highest BCUT2D eigenvalue weighted by Crippen LogP contribution is 2.29. The van der Waals surface area contributed by atoms with Crippen molar-refractivity contribution in [3.8, 4) is 5.75 Å². The van der Waals surface area contributed by atoms with Crippen LogP contribution in [0.4, 0.5) is 9.52 Å². The van der Waals surface area contributed by atoms with Gasteiger partial charge >= 0.3 is 0 Å². The molecule has 0 bridgehead atoms. The van der Waals surface area contributed by atoms with Crippen molar-refractivity contribution >= 4 is 26.7 Å². The second kappa shape index (κ2) is 6.10. The molecule has 0 unspecified atom stereocenters. The van der Waals surface area contributed by atoms with Crippen LogP contribution in [0, 0.1) is 5.82 Å². The number of rotatable bonds is 5. The molecule has 0 radical (unpaired) electrons. The fourth-order valence-electron chi connectivity index (χ4n) is 2.07. The number of hydrogen-bond donors (Lipinski definition) is 1. The molecule has 0 saturated heterocycles. The van der Waals surface area contributed by atoms with Crippen LogP contribution in [0.2, 0.25) is 0 Å². The van der Waals surface area contributed by atoms with Gasteiger partial charge in [-0.2, -0.15) is 0 Å². The van der Waals surface area contributed by atoms with E-state index in [2.05, 4.69) is 10.3 Å². The lowest BCUT2D eigenvalue weighted by Gasteiger charge is -2.02. The summed E-state index contributed by atoms with van der Waals surface area (Å²) in [6, 6.07) is 12.4. The molecule has 0 amide bonds. The maximum Gasteiger partial charge on any atom is 0.183 e. The number of halogens is 1. The number of benzene rings is 2. The van der Waals surface area contributed by atoms with E-state index < -0.39 is 0 Å². The summed E-state index contributed by atoms with van der Waals surface area (Å²) in [5.41, 5.74) is 2.07. The third-order valence-corrected chi connectivity index (χ3v) is 4.17. The number of methoxy groups -OCH3 is 1. The number of fused-ring (bicyclic) bond motifs is 1. The summed E-state index contributed by atoms with van der Waals surface area (Å²) in [6.07, 6.45) is 0.833. The van der Waals surface area contributed by atoms with E-state index in [4.69, 9.17) is 4.74 Å². The summed E-state index contributed by atoms with van der Waals surface area (Å²) >= 11 is 1.60. The highest BCUT2D eigenvalue weighted by atomic mass is 32.1. The van der Waals surface area contributed by atoms with Crippen molar-refractivity contribution in [3.05, 3.63) is 53.8 Å². The first kappa shape index (κ1) is 13.8. The van der Waals surface area contributed by atoms with Gasteiger partial charge in [-0.1, -0.05) is 23.5 Å². The lowest BCUT2D eigenvalue weighted by Crippen LogP contribution is -2.04. The van der Waals surface area contributed by atoms with Gasteiger partial charge < -0.3 is 10.1 Å².